The molecule has 3 rings (SSSR count). The lowest BCUT2D eigenvalue weighted by Crippen LogP contribution is -2.36. The SMILES string of the molecule is Cc1nc(C)n(C[C@H]2CCCN(Cc3cccc(C#N)c3)C2)n1. The zero-order valence-corrected chi connectivity index (χ0v) is 13.9. The van der Waals surface area contributed by atoms with E-state index in [-0.39, 0.29) is 0 Å². The molecule has 120 valence electrons. The van der Waals surface area contributed by atoms with Gasteiger partial charge in [-0.25, -0.2) is 9.67 Å². The normalized spacial score (nSPS) is 18.7. The first-order valence-corrected chi connectivity index (χ1v) is 8.23. The van der Waals surface area contributed by atoms with Gasteiger partial charge in [-0.05, 0) is 56.8 Å². The van der Waals surface area contributed by atoms with Crippen molar-refractivity contribution >= 4 is 0 Å². The van der Waals surface area contributed by atoms with Crippen LogP contribution in [0.2, 0.25) is 0 Å². The van der Waals surface area contributed by atoms with E-state index in [2.05, 4.69) is 27.1 Å². The average molecular weight is 309 g/mol. The molecule has 0 unspecified atom stereocenters. The Morgan fingerprint density at radius 1 is 1.35 bits per heavy atom. The van der Waals surface area contributed by atoms with Crippen molar-refractivity contribution in [1.82, 2.24) is 19.7 Å². The van der Waals surface area contributed by atoms with Gasteiger partial charge in [0.25, 0.3) is 0 Å². The summed E-state index contributed by atoms with van der Waals surface area (Å²) in [6.07, 6.45) is 2.46. The highest BCUT2D eigenvalue weighted by Crippen LogP contribution is 2.20. The second-order valence-electron chi connectivity index (χ2n) is 6.44. The fourth-order valence-corrected chi connectivity index (χ4v) is 3.42. The Morgan fingerprint density at radius 2 is 2.22 bits per heavy atom. The first-order valence-electron chi connectivity index (χ1n) is 8.23. The quantitative estimate of drug-likeness (QED) is 0.871. The number of hydrogen-bond acceptors (Lipinski definition) is 4. The van der Waals surface area contributed by atoms with Crippen molar-refractivity contribution in [3.63, 3.8) is 0 Å². The number of benzene rings is 1. The van der Waals surface area contributed by atoms with Crippen molar-refractivity contribution in [2.75, 3.05) is 13.1 Å². The summed E-state index contributed by atoms with van der Waals surface area (Å²) in [6.45, 7) is 8.04. The van der Waals surface area contributed by atoms with Crippen LogP contribution < -0.4 is 0 Å². The van der Waals surface area contributed by atoms with Gasteiger partial charge >= 0.3 is 0 Å². The molecule has 0 spiro atoms. The van der Waals surface area contributed by atoms with Crippen LogP contribution in [0.5, 0.6) is 0 Å². The zero-order valence-electron chi connectivity index (χ0n) is 13.9. The summed E-state index contributed by atoms with van der Waals surface area (Å²) in [7, 11) is 0. The minimum absolute atomic E-state index is 0.614. The van der Waals surface area contributed by atoms with Gasteiger partial charge in [0, 0.05) is 19.6 Å². The number of hydrogen-bond donors (Lipinski definition) is 0. The van der Waals surface area contributed by atoms with Crippen molar-refractivity contribution in [2.24, 2.45) is 5.92 Å². The van der Waals surface area contributed by atoms with Crippen molar-refractivity contribution in [1.29, 1.82) is 5.26 Å². The maximum atomic E-state index is 9.02. The molecular formula is C18H23N5. The number of aromatic nitrogens is 3. The highest BCUT2D eigenvalue weighted by atomic mass is 15.3. The number of likely N-dealkylation sites (tertiary alicyclic amines) is 1. The number of aryl methyl sites for hydroxylation is 2. The summed E-state index contributed by atoms with van der Waals surface area (Å²) in [6, 6.07) is 10.1. The lowest BCUT2D eigenvalue weighted by atomic mass is 9.97. The van der Waals surface area contributed by atoms with Crippen LogP contribution in [0.25, 0.3) is 0 Å². The van der Waals surface area contributed by atoms with Gasteiger partial charge in [-0.2, -0.15) is 10.4 Å². The fraction of sp³-hybridized carbons (Fsp3) is 0.500. The summed E-state index contributed by atoms with van der Waals surface area (Å²) in [5.41, 5.74) is 1.96. The van der Waals surface area contributed by atoms with E-state index in [9.17, 15) is 0 Å². The molecule has 0 aliphatic carbocycles. The van der Waals surface area contributed by atoms with Crippen LogP contribution in [0.3, 0.4) is 0 Å². The van der Waals surface area contributed by atoms with Gasteiger partial charge in [0.05, 0.1) is 11.6 Å². The number of piperidine rings is 1. The molecule has 23 heavy (non-hydrogen) atoms. The third-order valence-electron chi connectivity index (χ3n) is 4.46. The highest BCUT2D eigenvalue weighted by molar-refractivity contribution is 5.32. The average Bonchev–Trinajstić information content (AvgIpc) is 2.85. The molecule has 1 saturated heterocycles. The second kappa shape index (κ2) is 6.93. The topological polar surface area (TPSA) is 57.7 Å². The molecule has 1 atom stereocenters. The molecular weight excluding hydrogens is 286 g/mol. The molecule has 0 amide bonds. The first kappa shape index (κ1) is 15.7. The number of nitriles is 1. The Balaban J connectivity index is 1.62. The third kappa shape index (κ3) is 3.96. The van der Waals surface area contributed by atoms with Crippen LogP contribution in [-0.4, -0.2) is 32.8 Å². The standard InChI is InChI=1S/C18H23N5/c1-14-20-15(2)23(21-14)13-18-7-4-8-22(12-18)11-17-6-3-5-16(9-17)10-19/h3,5-6,9,18H,4,7-8,11-13H2,1-2H3/t18-/m0/s1. The van der Waals surface area contributed by atoms with E-state index in [0.29, 0.717) is 5.92 Å². The summed E-state index contributed by atoms with van der Waals surface area (Å²) in [5.74, 6) is 2.47. The van der Waals surface area contributed by atoms with Gasteiger partial charge < -0.3 is 0 Å². The van der Waals surface area contributed by atoms with E-state index in [1.54, 1.807) is 0 Å². The van der Waals surface area contributed by atoms with Crippen LogP contribution in [0.4, 0.5) is 0 Å². The molecule has 1 fully saturated rings. The van der Waals surface area contributed by atoms with Crippen molar-refractivity contribution in [2.45, 2.75) is 39.8 Å². The summed E-state index contributed by atoms with van der Waals surface area (Å²) in [5, 5.41) is 13.5. The van der Waals surface area contributed by atoms with E-state index < -0.39 is 0 Å². The molecule has 0 radical (unpaired) electrons. The monoisotopic (exact) mass is 309 g/mol. The van der Waals surface area contributed by atoms with Crippen molar-refractivity contribution in [3.05, 3.63) is 47.0 Å². The molecule has 5 nitrogen and oxygen atoms in total. The largest absolute Gasteiger partial charge is 0.299 e. The van der Waals surface area contributed by atoms with Gasteiger partial charge in [0.15, 0.2) is 0 Å². The number of nitrogens with zero attached hydrogens (tertiary/aromatic N) is 5. The predicted octanol–water partition coefficient (Wildman–Crippen LogP) is 2.68. The lowest BCUT2D eigenvalue weighted by Gasteiger charge is -2.32. The van der Waals surface area contributed by atoms with Gasteiger partial charge in [0.1, 0.15) is 11.6 Å². The zero-order chi connectivity index (χ0) is 16.2. The first-order chi connectivity index (χ1) is 11.1. The summed E-state index contributed by atoms with van der Waals surface area (Å²) < 4.78 is 2.04. The van der Waals surface area contributed by atoms with Crippen LogP contribution in [-0.2, 0) is 13.1 Å². The maximum Gasteiger partial charge on any atom is 0.147 e. The molecule has 1 aliphatic heterocycles. The fourth-order valence-electron chi connectivity index (χ4n) is 3.42. The maximum absolute atomic E-state index is 9.02. The minimum atomic E-state index is 0.614. The van der Waals surface area contributed by atoms with Crippen molar-refractivity contribution < 1.29 is 0 Å². The van der Waals surface area contributed by atoms with E-state index >= 15 is 0 Å². The molecule has 0 bridgehead atoms. The van der Waals surface area contributed by atoms with E-state index in [4.69, 9.17) is 5.26 Å². The summed E-state index contributed by atoms with van der Waals surface area (Å²) >= 11 is 0. The van der Waals surface area contributed by atoms with Crippen LogP contribution in [0, 0.1) is 31.1 Å². The predicted molar refractivity (Wildman–Crippen MR) is 88.7 cm³/mol. The van der Waals surface area contributed by atoms with Crippen LogP contribution in [0.15, 0.2) is 24.3 Å². The number of rotatable bonds is 4. The molecule has 2 aromatic rings. The van der Waals surface area contributed by atoms with Crippen molar-refractivity contribution in [3.8, 4) is 6.07 Å². The molecule has 1 aromatic heterocycles. The molecule has 1 aliphatic rings. The molecule has 0 N–H and O–H groups in total. The molecule has 5 heteroatoms. The van der Waals surface area contributed by atoms with E-state index in [1.807, 2.05) is 36.7 Å². The smallest absolute Gasteiger partial charge is 0.147 e. The van der Waals surface area contributed by atoms with Crippen LogP contribution in [0.1, 0.15) is 35.6 Å². The molecule has 2 heterocycles. The Hall–Kier alpha value is -2.19. The second-order valence-corrected chi connectivity index (χ2v) is 6.44. The minimum Gasteiger partial charge on any atom is -0.299 e. The van der Waals surface area contributed by atoms with Gasteiger partial charge in [-0.15, -0.1) is 0 Å². The Labute approximate surface area is 137 Å². The summed E-state index contributed by atoms with van der Waals surface area (Å²) in [4.78, 5) is 6.88. The Bertz CT molecular complexity index is 712. The molecule has 0 saturated carbocycles. The van der Waals surface area contributed by atoms with Gasteiger partial charge in [-0.1, -0.05) is 12.1 Å². The van der Waals surface area contributed by atoms with Gasteiger partial charge in [-0.3, -0.25) is 4.90 Å². The Kier molecular flexibility index (Phi) is 4.73. The van der Waals surface area contributed by atoms with E-state index in [1.165, 1.54) is 18.4 Å². The van der Waals surface area contributed by atoms with Crippen LogP contribution >= 0.6 is 0 Å². The van der Waals surface area contributed by atoms with Gasteiger partial charge in [0.2, 0.25) is 0 Å². The Morgan fingerprint density at radius 3 is 2.96 bits per heavy atom. The highest BCUT2D eigenvalue weighted by Gasteiger charge is 2.21. The lowest BCUT2D eigenvalue weighted by molar-refractivity contribution is 0.152. The third-order valence-corrected chi connectivity index (χ3v) is 4.46. The van der Waals surface area contributed by atoms with E-state index in [0.717, 1.165) is 43.4 Å². The molecule has 1 aromatic carbocycles.